The number of carbonyl (C=O) groups is 1. The van der Waals surface area contributed by atoms with Crippen molar-refractivity contribution >= 4 is 17.3 Å². The van der Waals surface area contributed by atoms with Gasteiger partial charge >= 0.3 is 6.03 Å². The van der Waals surface area contributed by atoms with Crippen LogP contribution in [0.15, 0.2) is 77.0 Å². The second-order valence-corrected chi connectivity index (χ2v) is 8.02. The summed E-state index contributed by atoms with van der Waals surface area (Å²) in [5, 5.41) is 6.79. The third-order valence-corrected chi connectivity index (χ3v) is 5.80. The number of allylic oxidation sites excluding steroid dienone is 1. The van der Waals surface area contributed by atoms with Gasteiger partial charge in [-0.1, -0.05) is 23.4 Å². The summed E-state index contributed by atoms with van der Waals surface area (Å²) >= 11 is 0. The van der Waals surface area contributed by atoms with E-state index < -0.39 is 29.5 Å². The molecule has 36 heavy (non-hydrogen) atoms. The molecule has 0 saturated heterocycles. The number of hydrogen-bond acceptors (Lipinski definition) is 5. The van der Waals surface area contributed by atoms with Crippen molar-refractivity contribution in [2.45, 2.75) is 13.0 Å². The predicted molar refractivity (Wildman–Crippen MR) is 125 cm³/mol. The average Bonchev–Trinajstić information content (AvgIpc) is 3.33. The molecule has 10 heteroatoms. The van der Waals surface area contributed by atoms with Crippen LogP contribution >= 0.6 is 0 Å². The lowest BCUT2D eigenvalue weighted by molar-refractivity contribution is 0.244. The van der Waals surface area contributed by atoms with Gasteiger partial charge in [-0.25, -0.2) is 18.0 Å². The van der Waals surface area contributed by atoms with Crippen LogP contribution in [-0.2, 0) is 0 Å². The van der Waals surface area contributed by atoms with Gasteiger partial charge in [0, 0.05) is 11.3 Å². The Labute approximate surface area is 203 Å². The van der Waals surface area contributed by atoms with E-state index >= 15 is 0 Å². The zero-order valence-electron chi connectivity index (χ0n) is 19.1. The lowest BCUT2D eigenvalue weighted by atomic mass is 9.94. The van der Waals surface area contributed by atoms with Crippen LogP contribution in [0.25, 0.3) is 17.0 Å². The van der Waals surface area contributed by atoms with Crippen LogP contribution in [0, 0.1) is 17.5 Å². The number of benzene rings is 3. The molecule has 2 heterocycles. The van der Waals surface area contributed by atoms with Gasteiger partial charge in [0.05, 0.1) is 24.4 Å². The molecule has 0 fully saturated rings. The van der Waals surface area contributed by atoms with Gasteiger partial charge in [-0.2, -0.15) is 4.98 Å². The summed E-state index contributed by atoms with van der Waals surface area (Å²) in [6.07, 6.45) is 0. The summed E-state index contributed by atoms with van der Waals surface area (Å²) in [5.74, 6) is -1.44. The predicted octanol–water partition coefficient (Wildman–Crippen LogP) is 5.86. The fourth-order valence-corrected chi connectivity index (χ4v) is 4.14. The molecule has 0 bridgehead atoms. The second-order valence-electron chi connectivity index (χ2n) is 8.02. The highest BCUT2D eigenvalue weighted by Crippen LogP contribution is 2.39. The molecule has 0 radical (unpaired) electrons. The number of urea groups is 1. The highest BCUT2D eigenvalue weighted by Gasteiger charge is 2.36. The summed E-state index contributed by atoms with van der Waals surface area (Å²) in [6.45, 7) is 1.64. The topological polar surface area (TPSA) is 80.5 Å². The second kappa shape index (κ2) is 9.21. The van der Waals surface area contributed by atoms with E-state index in [9.17, 15) is 18.0 Å². The van der Waals surface area contributed by atoms with Gasteiger partial charge in [0.2, 0.25) is 5.82 Å². The molecular formula is C26H19F3N4O3. The number of aromatic nitrogens is 2. The zero-order chi connectivity index (χ0) is 25.4. The molecule has 1 aliphatic heterocycles. The normalized spacial score (nSPS) is 15.8. The summed E-state index contributed by atoms with van der Waals surface area (Å²) in [6, 6.07) is 14.1. The minimum Gasteiger partial charge on any atom is -0.494 e. The molecule has 0 spiro atoms. The monoisotopic (exact) mass is 492 g/mol. The number of halogens is 3. The number of nitrogens with zero attached hydrogens (tertiary/aromatic N) is 3. The van der Waals surface area contributed by atoms with E-state index in [-0.39, 0.29) is 23.2 Å². The van der Waals surface area contributed by atoms with Crippen LogP contribution in [0.2, 0.25) is 0 Å². The Kier molecular flexibility index (Phi) is 5.93. The third kappa shape index (κ3) is 4.17. The summed E-state index contributed by atoms with van der Waals surface area (Å²) in [5.41, 5.74) is 1.79. The standard InChI is InChI=1S/C26H19F3N4O3/c1-14-22(25-31-24(32-36-25)16-9-10-21(35-2)20(29)12-16)23(15-5-3-6-17(27)11-15)30-26(34)33(14)19-8-4-7-18(28)13-19/h3-13,23H,1-2H3,(H,30,34). The van der Waals surface area contributed by atoms with E-state index in [0.29, 0.717) is 22.4 Å². The van der Waals surface area contributed by atoms with Crippen LogP contribution in [0.5, 0.6) is 5.75 Å². The van der Waals surface area contributed by atoms with Crippen molar-refractivity contribution in [3.8, 4) is 17.1 Å². The SMILES string of the molecule is COc1ccc(-c2noc(C3=C(C)N(c4cccc(F)c4)C(=O)NC3c3cccc(F)c3)n2)cc1F. The van der Waals surface area contributed by atoms with Gasteiger partial charge in [0.25, 0.3) is 5.89 Å². The Balaban J connectivity index is 1.65. The molecule has 0 saturated carbocycles. The fourth-order valence-electron chi connectivity index (χ4n) is 4.14. The number of rotatable bonds is 5. The molecule has 0 aliphatic carbocycles. The first-order chi connectivity index (χ1) is 17.4. The molecule has 3 aromatic carbocycles. The molecule has 5 rings (SSSR count). The summed E-state index contributed by atoms with van der Waals surface area (Å²) in [4.78, 5) is 18.8. The van der Waals surface area contributed by atoms with Gasteiger partial charge < -0.3 is 14.6 Å². The third-order valence-electron chi connectivity index (χ3n) is 5.80. The number of amides is 2. The van der Waals surface area contributed by atoms with Crippen LogP contribution < -0.4 is 15.0 Å². The maximum atomic E-state index is 14.3. The van der Waals surface area contributed by atoms with Crippen molar-refractivity contribution in [2.75, 3.05) is 12.0 Å². The van der Waals surface area contributed by atoms with Crippen molar-refractivity contribution in [3.05, 3.63) is 101 Å². The molecule has 1 N–H and O–H groups in total. The van der Waals surface area contributed by atoms with Crippen molar-refractivity contribution in [2.24, 2.45) is 0 Å². The van der Waals surface area contributed by atoms with Crippen LogP contribution in [0.4, 0.5) is 23.7 Å². The van der Waals surface area contributed by atoms with Gasteiger partial charge in [0.1, 0.15) is 11.6 Å². The first kappa shape index (κ1) is 23.2. The highest BCUT2D eigenvalue weighted by molar-refractivity contribution is 6.01. The molecule has 7 nitrogen and oxygen atoms in total. The Bertz CT molecular complexity index is 1500. The van der Waals surface area contributed by atoms with Crippen molar-refractivity contribution in [1.82, 2.24) is 15.5 Å². The summed E-state index contributed by atoms with van der Waals surface area (Å²) < 4.78 is 52.8. The van der Waals surface area contributed by atoms with Crippen molar-refractivity contribution < 1.29 is 27.2 Å². The van der Waals surface area contributed by atoms with E-state index in [1.807, 2.05) is 0 Å². The molecule has 1 atom stereocenters. The number of ether oxygens (including phenoxy) is 1. The van der Waals surface area contributed by atoms with Crippen molar-refractivity contribution in [3.63, 3.8) is 0 Å². The zero-order valence-corrected chi connectivity index (χ0v) is 19.1. The Morgan fingerprint density at radius 2 is 1.75 bits per heavy atom. The molecule has 1 aliphatic rings. The molecule has 1 unspecified atom stereocenters. The van der Waals surface area contributed by atoms with E-state index in [1.54, 1.807) is 25.1 Å². The van der Waals surface area contributed by atoms with E-state index in [4.69, 9.17) is 9.26 Å². The minimum absolute atomic E-state index is 0.0226. The molecular weight excluding hydrogens is 473 g/mol. The largest absolute Gasteiger partial charge is 0.494 e. The first-order valence-electron chi connectivity index (χ1n) is 10.9. The molecule has 2 amide bonds. The smallest absolute Gasteiger partial charge is 0.327 e. The van der Waals surface area contributed by atoms with Crippen molar-refractivity contribution in [1.29, 1.82) is 0 Å². The Morgan fingerprint density at radius 3 is 2.44 bits per heavy atom. The lowest BCUT2D eigenvalue weighted by Crippen LogP contribution is -2.46. The quantitative estimate of drug-likeness (QED) is 0.377. The number of nitrogens with one attached hydrogen (secondary N) is 1. The Morgan fingerprint density at radius 1 is 1.00 bits per heavy atom. The van der Waals surface area contributed by atoms with Crippen LogP contribution in [0.1, 0.15) is 24.4 Å². The first-order valence-corrected chi connectivity index (χ1v) is 10.9. The molecule has 1 aromatic heterocycles. The number of anilines is 1. The minimum atomic E-state index is -0.848. The number of carbonyl (C=O) groups excluding carboxylic acids is 1. The Hall–Kier alpha value is -4.60. The van der Waals surface area contributed by atoms with E-state index in [1.165, 1.54) is 60.5 Å². The van der Waals surface area contributed by atoms with Crippen LogP contribution in [-0.4, -0.2) is 23.3 Å². The maximum absolute atomic E-state index is 14.3. The van der Waals surface area contributed by atoms with Gasteiger partial charge in [0.15, 0.2) is 11.6 Å². The van der Waals surface area contributed by atoms with Gasteiger partial charge in [-0.15, -0.1) is 0 Å². The number of methoxy groups -OCH3 is 1. The van der Waals surface area contributed by atoms with Gasteiger partial charge in [-0.05, 0) is 61.0 Å². The maximum Gasteiger partial charge on any atom is 0.327 e. The van der Waals surface area contributed by atoms with Gasteiger partial charge in [-0.3, -0.25) is 4.90 Å². The molecule has 4 aromatic rings. The lowest BCUT2D eigenvalue weighted by Gasteiger charge is -2.35. The van der Waals surface area contributed by atoms with E-state index in [2.05, 4.69) is 15.5 Å². The highest BCUT2D eigenvalue weighted by atomic mass is 19.1. The van der Waals surface area contributed by atoms with Crippen LogP contribution in [0.3, 0.4) is 0 Å². The summed E-state index contributed by atoms with van der Waals surface area (Å²) in [7, 11) is 1.36. The number of hydrogen-bond donors (Lipinski definition) is 1. The van der Waals surface area contributed by atoms with E-state index in [0.717, 1.165) is 0 Å². The molecule has 182 valence electrons. The fraction of sp³-hybridized carbons (Fsp3) is 0.115. The average molecular weight is 492 g/mol.